The SMILES string of the molecule is N#Cc1cccnc1NC1COCC1n1nc2c(cc1=O)CCC2. The molecular weight excluding hydrogens is 306 g/mol. The summed E-state index contributed by atoms with van der Waals surface area (Å²) in [5.74, 6) is 0.509. The predicted molar refractivity (Wildman–Crippen MR) is 86.7 cm³/mol. The van der Waals surface area contributed by atoms with Crippen LogP contribution < -0.4 is 10.9 Å². The standard InChI is InChI=1S/C17H17N5O2/c18-8-12-4-2-6-19-17(12)20-14-9-24-10-15(14)22-16(23)7-11-3-1-5-13(11)21-22/h2,4,6-7,14-15H,1,3,5,9-10H2,(H,19,20). The van der Waals surface area contributed by atoms with E-state index in [1.54, 1.807) is 24.4 Å². The summed E-state index contributed by atoms with van der Waals surface area (Å²) >= 11 is 0. The van der Waals surface area contributed by atoms with E-state index in [0.29, 0.717) is 24.6 Å². The van der Waals surface area contributed by atoms with E-state index >= 15 is 0 Å². The van der Waals surface area contributed by atoms with Crippen molar-refractivity contribution < 1.29 is 4.74 Å². The molecule has 0 saturated carbocycles. The number of anilines is 1. The molecule has 2 aromatic heterocycles. The Morgan fingerprint density at radius 2 is 2.29 bits per heavy atom. The lowest BCUT2D eigenvalue weighted by Crippen LogP contribution is -2.38. The number of pyridine rings is 1. The minimum atomic E-state index is -0.211. The van der Waals surface area contributed by atoms with E-state index in [9.17, 15) is 10.1 Å². The zero-order valence-corrected chi connectivity index (χ0v) is 13.1. The summed E-state index contributed by atoms with van der Waals surface area (Å²) in [6.45, 7) is 0.857. The van der Waals surface area contributed by atoms with Gasteiger partial charge in [-0.1, -0.05) is 0 Å². The van der Waals surface area contributed by atoms with Gasteiger partial charge < -0.3 is 10.1 Å². The number of nitrogens with one attached hydrogen (secondary N) is 1. The number of ether oxygens (including phenoxy) is 1. The molecule has 0 amide bonds. The van der Waals surface area contributed by atoms with Crippen molar-refractivity contribution in [2.75, 3.05) is 18.5 Å². The van der Waals surface area contributed by atoms with Gasteiger partial charge in [-0.05, 0) is 37.0 Å². The van der Waals surface area contributed by atoms with Crippen LogP contribution in [0.5, 0.6) is 0 Å². The third kappa shape index (κ3) is 2.55. The van der Waals surface area contributed by atoms with Crippen molar-refractivity contribution in [2.45, 2.75) is 31.3 Å². The van der Waals surface area contributed by atoms with Gasteiger partial charge in [0.2, 0.25) is 0 Å². The maximum atomic E-state index is 12.4. The topological polar surface area (TPSA) is 92.8 Å². The smallest absolute Gasteiger partial charge is 0.267 e. The van der Waals surface area contributed by atoms with Gasteiger partial charge in [-0.3, -0.25) is 4.79 Å². The van der Waals surface area contributed by atoms with E-state index in [0.717, 1.165) is 30.5 Å². The second-order valence-corrected chi connectivity index (χ2v) is 6.12. The Morgan fingerprint density at radius 1 is 1.38 bits per heavy atom. The third-order valence-electron chi connectivity index (χ3n) is 4.60. The van der Waals surface area contributed by atoms with Gasteiger partial charge in [-0.15, -0.1) is 0 Å². The fourth-order valence-corrected chi connectivity index (χ4v) is 3.36. The number of fused-ring (bicyclic) bond motifs is 1. The fraction of sp³-hybridized carbons (Fsp3) is 0.412. The molecule has 1 aliphatic carbocycles. The number of aromatic nitrogens is 3. The molecule has 122 valence electrons. The van der Waals surface area contributed by atoms with Crippen molar-refractivity contribution in [1.29, 1.82) is 5.26 Å². The highest BCUT2D eigenvalue weighted by molar-refractivity contribution is 5.52. The second kappa shape index (κ2) is 6.06. The number of hydrogen-bond donors (Lipinski definition) is 1. The van der Waals surface area contributed by atoms with Crippen molar-refractivity contribution in [3.05, 3.63) is 51.6 Å². The van der Waals surface area contributed by atoms with Crippen LogP contribution in [0.4, 0.5) is 5.82 Å². The van der Waals surface area contributed by atoms with Crippen molar-refractivity contribution in [3.8, 4) is 6.07 Å². The molecule has 1 fully saturated rings. The molecule has 3 heterocycles. The summed E-state index contributed by atoms with van der Waals surface area (Å²) in [5.41, 5.74) is 2.45. The number of nitrogens with zero attached hydrogens (tertiary/aromatic N) is 4. The fourth-order valence-electron chi connectivity index (χ4n) is 3.36. The Morgan fingerprint density at radius 3 is 3.17 bits per heavy atom. The number of hydrogen-bond acceptors (Lipinski definition) is 6. The molecule has 2 atom stereocenters. The van der Waals surface area contributed by atoms with E-state index in [2.05, 4.69) is 21.5 Å². The van der Waals surface area contributed by atoms with Gasteiger partial charge in [0.1, 0.15) is 17.9 Å². The highest BCUT2D eigenvalue weighted by Crippen LogP contribution is 2.24. The van der Waals surface area contributed by atoms with Gasteiger partial charge in [-0.25, -0.2) is 9.67 Å². The van der Waals surface area contributed by atoms with E-state index in [-0.39, 0.29) is 17.6 Å². The Labute approximate surface area is 138 Å². The second-order valence-electron chi connectivity index (χ2n) is 6.12. The summed E-state index contributed by atoms with van der Waals surface area (Å²) in [6, 6.07) is 6.88. The van der Waals surface area contributed by atoms with Crippen molar-refractivity contribution in [1.82, 2.24) is 14.8 Å². The summed E-state index contributed by atoms with van der Waals surface area (Å²) in [4.78, 5) is 16.7. The molecule has 1 aliphatic heterocycles. The molecule has 2 aromatic rings. The first-order valence-corrected chi connectivity index (χ1v) is 8.07. The van der Waals surface area contributed by atoms with Gasteiger partial charge in [0, 0.05) is 12.3 Å². The maximum absolute atomic E-state index is 12.4. The van der Waals surface area contributed by atoms with E-state index in [4.69, 9.17) is 4.74 Å². The molecule has 7 nitrogen and oxygen atoms in total. The number of nitriles is 1. The third-order valence-corrected chi connectivity index (χ3v) is 4.60. The Balaban J connectivity index is 1.64. The van der Waals surface area contributed by atoms with Gasteiger partial charge in [-0.2, -0.15) is 10.4 Å². The van der Waals surface area contributed by atoms with Crippen molar-refractivity contribution >= 4 is 5.82 Å². The van der Waals surface area contributed by atoms with E-state index in [1.807, 2.05) is 0 Å². The first kappa shape index (κ1) is 14.8. The van der Waals surface area contributed by atoms with Crippen LogP contribution in [-0.4, -0.2) is 34.0 Å². The monoisotopic (exact) mass is 323 g/mol. The summed E-state index contributed by atoms with van der Waals surface area (Å²) in [5, 5.41) is 17.0. The molecule has 0 bridgehead atoms. The molecule has 1 saturated heterocycles. The van der Waals surface area contributed by atoms with Crippen LogP contribution in [0.3, 0.4) is 0 Å². The normalized spacial score (nSPS) is 22.1. The molecule has 4 rings (SSSR count). The zero-order valence-electron chi connectivity index (χ0n) is 13.1. The summed E-state index contributed by atoms with van der Waals surface area (Å²) < 4.78 is 7.10. The van der Waals surface area contributed by atoms with Crippen molar-refractivity contribution in [3.63, 3.8) is 0 Å². The minimum Gasteiger partial charge on any atom is -0.377 e. The summed E-state index contributed by atoms with van der Waals surface area (Å²) in [6.07, 6.45) is 4.53. The number of aryl methyl sites for hydroxylation is 2. The van der Waals surface area contributed by atoms with Gasteiger partial charge in [0.15, 0.2) is 0 Å². The molecule has 2 aliphatic rings. The largest absolute Gasteiger partial charge is 0.377 e. The first-order chi connectivity index (χ1) is 11.8. The molecule has 24 heavy (non-hydrogen) atoms. The van der Waals surface area contributed by atoms with Crippen LogP contribution in [0.15, 0.2) is 29.2 Å². The van der Waals surface area contributed by atoms with Gasteiger partial charge in [0.25, 0.3) is 5.56 Å². The van der Waals surface area contributed by atoms with Crippen LogP contribution in [0, 0.1) is 11.3 Å². The molecule has 0 spiro atoms. The Kier molecular flexibility index (Phi) is 3.75. The van der Waals surface area contributed by atoms with E-state index < -0.39 is 0 Å². The zero-order chi connectivity index (χ0) is 16.5. The van der Waals surface area contributed by atoms with Crippen LogP contribution in [0.1, 0.15) is 29.3 Å². The maximum Gasteiger partial charge on any atom is 0.267 e. The minimum absolute atomic E-state index is 0.0977. The molecule has 2 unspecified atom stereocenters. The molecule has 0 radical (unpaired) electrons. The van der Waals surface area contributed by atoms with Gasteiger partial charge in [0.05, 0.1) is 30.5 Å². The van der Waals surface area contributed by atoms with Crippen molar-refractivity contribution in [2.24, 2.45) is 0 Å². The molecule has 1 N–H and O–H groups in total. The lowest BCUT2D eigenvalue weighted by Gasteiger charge is -2.21. The molecule has 7 heteroatoms. The molecular formula is C17H17N5O2. The predicted octanol–water partition coefficient (Wildman–Crippen LogP) is 1.05. The first-order valence-electron chi connectivity index (χ1n) is 8.07. The summed E-state index contributed by atoms with van der Waals surface area (Å²) in [7, 11) is 0. The highest BCUT2D eigenvalue weighted by Gasteiger charge is 2.33. The van der Waals surface area contributed by atoms with Crippen LogP contribution in [0.25, 0.3) is 0 Å². The van der Waals surface area contributed by atoms with Crippen LogP contribution >= 0.6 is 0 Å². The molecule has 0 aromatic carbocycles. The van der Waals surface area contributed by atoms with E-state index in [1.165, 1.54) is 4.68 Å². The number of rotatable bonds is 3. The average molecular weight is 323 g/mol. The average Bonchev–Trinajstić information content (AvgIpc) is 3.23. The highest BCUT2D eigenvalue weighted by atomic mass is 16.5. The lowest BCUT2D eigenvalue weighted by molar-refractivity contribution is 0.182. The van der Waals surface area contributed by atoms with Crippen LogP contribution in [-0.2, 0) is 17.6 Å². The Hall–Kier alpha value is -2.72. The lowest BCUT2D eigenvalue weighted by atomic mass is 10.1. The quantitative estimate of drug-likeness (QED) is 0.907. The van der Waals surface area contributed by atoms with Crippen LogP contribution in [0.2, 0.25) is 0 Å². The Bertz CT molecular complexity index is 870. The van der Waals surface area contributed by atoms with Gasteiger partial charge >= 0.3 is 0 Å².